The van der Waals surface area contributed by atoms with E-state index < -0.39 is 10.8 Å². The Kier molecular flexibility index (Phi) is 4.31. The smallest absolute Gasteiger partial charge is 0.265 e. The molecule has 0 aliphatic rings. The summed E-state index contributed by atoms with van der Waals surface area (Å²) in [5, 5.41) is 17.8. The molecule has 20 heavy (non-hydrogen) atoms. The van der Waals surface area contributed by atoms with Crippen molar-refractivity contribution < 1.29 is 9.72 Å². The first kappa shape index (κ1) is 14.0. The van der Waals surface area contributed by atoms with E-state index in [2.05, 4.69) is 26.2 Å². The maximum absolute atomic E-state index is 11.7. The summed E-state index contributed by atoms with van der Waals surface area (Å²) in [5.74, 6) is -0.476. The molecule has 0 bridgehead atoms. The molecule has 6 nitrogen and oxygen atoms in total. The molecule has 2 aromatic rings. The third-order valence-corrected chi connectivity index (χ3v) is 2.94. The minimum Gasteiger partial charge on any atom is -0.265 e. The van der Waals surface area contributed by atoms with Gasteiger partial charge in [0.05, 0.1) is 10.6 Å². The molecular weight excluding hydrogens is 326 g/mol. The number of azo groups is 1. The first-order chi connectivity index (χ1) is 9.56. The van der Waals surface area contributed by atoms with Gasteiger partial charge in [-0.2, -0.15) is 0 Å². The van der Waals surface area contributed by atoms with Crippen LogP contribution in [0.4, 0.5) is 11.4 Å². The van der Waals surface area contributed by atoms with Crippen molar-refractivity contribution in [2.24, 2.45) is 10.2 Å². The molecule has 0 aromatic heterocycles. The molecule has 0 atom stereocenters. The Morgan fingerprint density at radius 2 is 1.65 bits per heavy atom. The molecule has 0 aliphatic heterocycles. The standard InChI is InChI=1S/C13H8BrN3O3/c14-10-3-1-9(2-4-10)13(18)16-15-11-5-7-12(8-6-11)17(19)20/h1-8H. The average Bonchev–Trinajstić information content (AvgIpc) is 2.46. The zero-order chi connectivity index (χ0) is 14.5. The molecule has 0 heterocycles. The fraction of sp³-hybridized carbons (Fsp3) is 0. The fourth-order valence-electron chi connectivity index (χ4n) is 1.39. The summed E-state index contributed by atoms with van der Waals surface area (Å²) in [6, 6.07) is 12.2. The molecule has 0 unspecified atom stereocenters. The van der Waals surface area contributed by atoms with Crippen molar-refractivity contribution in [3.05, 3.63) is 68.7 Å². The number of carbonyl (C=O) groups is 1. The van der Waals surface area contributed by atoms with Crippen LogP contribution < -0.4 is 0 Å². The monoisotopic (exact) mass is 333 g/mol. The quantitative estimate of drug-likeness (QED) is 0.477. The molecule has 0 radical (unpaired) electrons. The average molecular weight is 334 g/mol. The van der Waals surface area contributed by atoms with Gasteiger partial charge in [-0.05, 0) is 36.4 Å². The normalized spacial score (nSPS) is 10.7. The van der Waals surface area contributed by atoms with Crippen molar-refractivity contribution in [3.63, 3.8) is 0 Å². The second-order valence-corrected chi connectivity index (χ2v) is 4.70. The second kappa shape index (κ2) is 6.16. The van der Waals surface area contributed by atoms with Crippen molar-refractivity contribution in [3.8, 4) is 0 Å². The molecular formula is C13H8BrN3O3. The van der Waals surface area contributed by atoms with Gasteiger partial charge in [-0.3, -0.25) is 14.9 Å². The molecule has 2 aromatic carbocycles. The summed E-state index contributed by atoms with van der Waals surface area (Å²) in [4.78, 5) is 21.7. The molecule has 1 amide bonds. The van der Waals surface area contributed by atoms with Crippen molar-refractivity contribution in [1.29, 1.82) is 0 Å². The van der Waals surface area contributed by atoms with E-state index in [9.17, 15) is 14.9 Å². The second-order valence-electron chi connectivity index (χ2n) is 3.79. The summed E-state index contributed by atoms with van der Waals surface area (Å²) in [5.41, 5.74) is 0.753. The highest BCUT2D eigenvalue weighted by molar-refractivity contribution is 9.10. The third-order valence-electron chi connectivity index (χ3n) is 2.41. The van der Waals surface area contributed by atoms with E-state index in [0.717, 1.165) is 4.47 Å². The van der Waals surface area contributed by atoms with E-state index in [-0.39, 0.29) is 5.69 Å². The van der Waals surface area contributed by atoms with Crippen LogP contribution in [0.5, 0.6) is 0 Å². The van der Waals surface area contributed by atoms with Crippen LogP contribution in [0.2, 0.25) is 0 Å². The number of halogens is 1. The summed E-state index contributed by atoms with van der Waals surface area (Å²) in [7, 11) is 0. The maximum atomic E-state index is 11.7. The van der Waals surface area contributed by atoms with Gasteiger partial charge in [-0.1, -0.05) is 15.9 Å². The Morgan fingerprint density at radius 1 is 1.05 bits per heavy atom. The minimum absolute atomic E-state index is 0.0387. The van der Waals surface area contributed by atoms with E-state index in [0.29, 0.717) is 11.3 Å². The maximum Gasteiger partial charge on any atom is 0.295 e. The third kappa shape index (κ3) is 3.55. The molecule has 0 spiro atoms. The zero-order valence-electron chi connectivity index (χ0n) is 10.1. The summed E-state index contributed by atoms with van der Waals surface area (Å²) >= 11 is 3.27. The van der Waals surface area contributed by atoms with Crippen LogP contribution in [0.15, 0.2) is 63.2 Å². The molecule has 0 N–H and O–H groups in total. The van der Waals surface area contributed by atoms with E-state index in [1.165, 1.54) is 24.3 Å². The van der Waals surface area contributed by atoms with Crippen LogP contribution in [0.3, 0.4) is 0 Å². The van der Waals surface area contributed by atoms with Crippen LogP contribution in [-0.4, -0.2) is 10.8 Å². The number of nitro benzene ring substituents is 1. The van der Waals surface area contributed by atoms with Gasteiger partial charge < -0.3 is 0 Å². The van der Waals surface area contributed by atoms with Gasteiger partial charge in [-0.25, -0.2) is 0 Å². The number of benzene rings is 2. The Labute approximate surface area is 122 Å². The van der Waals surface area contributed by atoms with Crippen molar-refractivity contribution >= 4 is 33.2 Å². The highest BCUT2D eigenvalue weighted by Gasteiger charge is 2.05. The lowest BCUT2D eigenvalue weighted by molar-refractivity contribution is -0.384. The Morgan fingerprint density at radius 3 is 2.20 bits per heavy atom. The topological polar surface area (TPSA) is 84.9 Å². The number of carbonyl (C=O) groups excluding carboxylic acids is 1. The summed E-state index contributed by atoms with van der Waals surface area (Å²) < 4.78 is 0.862. The lowest BCUT2D eigenvalue weighted by Crippen LogP contribution is -1.92. The van der Waals surface area contributed by atoms with Gasteiger partial charge >= 0.3 is 0 Å². The highest BCUT2D eigenvalue weighted by Crippen LogP contribution is 2.19. The van der Waals surface area contributed by atoms with Gasteiger partial charge in [0.25, 0.3) is 11.6 Å². The van der Waals surface area contributed by atoms with Gasteiger partial charge in [0.2, 0.25) is 0 Å². The molecule has 0 fully saturated rings. The minimum atomic E-state index is -0.506. The van der Waals surface area contributed by atoms with E-state index in [1.807, 2.05) is 0 Å². The largest absolute Gasteiger partial charge is 0.295 e. The Bertz CT molecular complexity index is 666. The highest BCUT2D eigenvalue weighted by atomic mass is 79.9. The van der Waals surface area contributed by atoms with Gasteiger partial charge in [0.1, 0.15) is 0 Å². The molecule has 2 rings (SSSR count). The predicted octanol–water partition coefficient (Wildman–Crippen LogP) is 4.28. The molecule has 0 saturated carbocycles. The van der Waals surface area contributed by atoms with E-state index in [1.54, 1.807) is 24.3 Å². The lowest BCUT2D eigenvalue weighted by atomic mass is 10.2. The summed E-state index contributed by atoms with van der Waals surface area (Å²) in [6.45, 7) is 0. The van der Waals surface area contributed by atoms with E-state index in [4.69, 9.17) is 0 Å². The fourth-order valence-corrected chi connectivity index (χ4v) is 1.66. The number of non-ortho nitro benzene ring substituents is 1. The van der Waals surface area contributed by atoms with E-state index >= 15 is 0 Å². The first-order valence-electron chi connectivity index (χ1n) is 5.52. The van der Waals surface area contributed by atoms with Crippen molar-refractivity contribution in [2.75, 3.05) is 0 Å². The number of hydrogen-bond acceptors (Lipinski definition) is 4. The molecule has 7 heteroatoms. The van der Waals surface area contributed by atoms with Crippen LogP contribution >= 0.6 is 15.9 Å². The zero-order valence-corrected chi connectivity index (χ0v) is 11.6. The molecule has 100 valence electrons. The summed E-state index contributed by atoms with van der Waals surface area (Å²) in [6.07, 6.45) is 0. The van der Waals surface area contributed by atoms with Crippen LogP contribution in [0.25, 0.3) is 0 Å². The molecule has 0 aliphatic carbocycles. The SMILES string of the molecule is O=C(N=Nc1ccc([N+](=O)[O-])cc1)c1ccc(Br)cc1. The van der Waals surface area contributed by atoms with Gasteiger partial charge in [0.15, 0.2) is 0 Å². The van der Waals surface area contributed by atoms with Crippen LogP contribution in [0, 0.1) is 10.1 Å². The number of rotatable bonds is 3. The number of nitro groups is 1. The van der Waals surface area contributed by atoms with Gasteiger partial charge in [0, 0.05) is 22.2 Å². The first-order valence-corrected chi connectivity index (χ1v) is 6.31. The lowest BCUT2D eigenvalue weighted by Gasteiger charge is -1.95. The van der Waals surface area contributed by atoms with Crippen LogP contribution in [-0.2, 0) is 0 Å². The Balaban J connectivity index is 2.10. The van der Waals surface area contributed by atoms with Crippen molar-refractivity contribution in [1.82, 2.24) is 0 Å². The van der Waals surface area contributed by atoms with Crippen molar-refractivity contribution in [2.45, 2.75) is 0 Å². The molecule has 0 saturated heterocycles. The number of hydrogen-bond donors (Lipinski definition) is 0. The number of amides is 1. The van der Waals surface area contributed by atoms with Gasteiger partial charge in [-0.15, -0.1) is 10.2 Å². The van der Waals surface area contributed by atoms with Crippen LogP contribution in [0.1, 0.15) is 10.4 Å². The predicted molar refractivity (Wildman–Crippen MR) is 76.1 cm³/mol. The number of nitrogens with zero attached hydrogens (tertiary/aromatic N) is 3. The Hall–Kier alpha value is -2.41.